The van der Waals surface area contributed by atoms with Gasteiger partial charge in [0.25, 0.3) is 0 Å². The van der Waals surface area contributed by atoms with Crippen LogP contribution in [0.15, 0.2) is 92.3 Å². The second kappa shape index (κ2) is 7.63. The van der Waals surface area contributed by atoms with Gasteiger partial charge in [-0.2, -0.15) is 0 Å². The van der Waals surface area contributed by atoms with Crippen LogP contribution in [0, 0.1) is 0 Å². The van der Waals surface area contributed by atoms with Crippen LogP contribution in [-0.4, -0.2) is 9.97 Å². The van der Waals surface area contributed by atoms with Crippen LogP contribution in [0.4, 0.5) is 0 Å². The highest BCUT2D eigenvalue weighted by molar-refractivity contribution is 9.11. The van der Waals surface area contributed by atoms with E-state index < -0.39 is 0 Å². The maximum absolute atomic E-state index is 5.02. The third-order valence-electron chi connectivity index (χ3n) is 4.87. The molecule has 0 unspecified atom stereocenters. The first-order valence-electron chi connectivity index (χ1n) is 9.01. The summed E-state index contributed by atoms with van der Waals surface area (Å²) in [5.74, 6) is 0.713. The zero-order chi connectivity index (χ0) is 20.0. The summed E-state index contributed by atoms with van der Waals surface area (Å²) in [6.07, 6.45) is 0. The van der Waals surface area contributed by atoms with Crippen LogP contribution in [0.25, 0.3) is 44.3 Å². The summed E-state index contributed by atoms with van der Waals surface area (Å²) in [5, 5.41) is 3.35. The van der Waals surface area contributed by atoms with Crippen molar-refractivity contribution in [3.63, 3.8) is 0 Å². The Kier molecular flexibility index (Phi) is 4.98. The summed E-state index contributed by atoms with van der Waals surface area (Å²) in [4.78, 5) is 9.95. The predicted octanol–water partition coefficient (Wildman–Crippen LogP) is 8.40. The van der Waals surface area contributed by atoms with Gasteiger partial charge in [-0.25, -0.2) is 9.97 Å². The predicted molar refractivity (Wildman–Crippen MR) is 131 cm³/mol. The van der Waals surface area contributed by atoms with Gasteiger partial charge in [-0.05, 0) is 41.1 Å². The standard InChI is InChI=1S/C24H13Br3N2/c25-16-9-5-14(6-10-16)23-22-19-4-2-1-3-18(19)20(27)13-21(22)28-24(29-23)15-7-11-17(26)12-8-15/h1-13H. The number of aromatic nitrogens is 2. The molecule has 4 aromatic carbocycles. The van der Waals surface area contributed by atoms with Gasteiger partial charge >= 0.3 is 0 Å². The molecule has 0 atom stereocenters. The van der Waals surface area contributed by atoms with E-state index >= 15 is 0 Å². The van der Waals surface area contributed by atoms with Gasteiger partial charge in [0.15, 0.2) is 5.82 Å². The van der Waals surface area contributed by atoms with E-state index in [2.05, 4.69) is 90.3 Å². The maximum Gasteiger partial charge on any atom is 0.160 e. The minimum atomic E-state index is 0.713. The summed E-state index contributed by atoms with van der Waals surface area (Å²) in [6, 6.07) is 26.8. The lowest BCUT2D eigenvalue weighted by Gasteiger charge is -2.13. The molecule has 0 aliphatic heterocycles. The molecule has 5 rings (SSSR count). The highest BCUT2D eigenvalue weighted by atomic mass is 79.9. The van der Waals surface area contributed by atoms with Gasteiger partial charge < -0.3 is 0 Å². The van der Waals surface area contributed by atoms with Crippen molar-refractivity contribution in [2.45, 2.75) is 0 Å². The Labute approximate surface area is 193 Å². The molecule has 1 heterocycles. The SMILES string of the molecule is Brc1ccc(-c2nc(-c3ccc(Br)cc3)c3c(cc(Br)c4ccccc43)n2)cc1. The highest BCUT2D eigenvalue weighted by Gasteiger charge is 2.15. The van der Waals surface area contributed by atoms with Gasteiger partial charge in [0.1, 0.15) is 0 Å². The average molecular weight is 569 g/mol. The minimum absolute atomic E-state index is 0.713. The van der Waals surface area contributed by atoms with Crippen LogP contribution in [0.3, 0.4) is 0 Å². The molecule has 0 N–H and O–H groups in total. The van der Waals surface area contributed by atoms with E-state index in [4.69, 9.17) is 9.97 Å². The molecule has 0 saturated carbocycles. The first-order chi connectivity index (χ1) is 14.1. The Morgan fingerprint density at radius 3 is 1.83 bits per heavy atom. The molecule has 0 spiro atoms. The molecular weight excluding hydrogens is 556 g/mol. The number of nitrogens with zero attached hydrogens (tertiary/aromatic N) is 2. The lowest BCUT2D eigenvalue weighted by atomic mass is 9.99. The molecule has 0 radical (unpaired) electrons. The fourth-order valence-electron chi connectivity index (χ4n) is 3.50. The van der Waals surface area contributed by atoms with Crippen molar-refractivity contribution in [3.8, 4) is 22.6 Å². The smallest absolute Gasteiger partial charge is 0.160 e. The zero-order valence-corrected chi connectivity index (χ0v) is 19.8. The van der Waals surface area contributed by atoms with E-state index in [1.807, 2.05) is 36.4 Å². The molecule has 0 fully saturated rings. The quantitative estimate of drug-likeness (QED) is 0.200. The molecule has 1 aromatic heterocycles. The molecule has 0 aliphatic carbocycles. The van der Waals surface area contributed by atoms with Crippen LogP contribution < -0.4 is 0 Å². The molecule has 2 nitrogen and oxygen atoms in total. The van der Waals surface area contributed by atoms with Crippen LogP contribution in [-0.2, 0) is 0 Å². The summed E-state index contributed by atoms with van der Waals surface area (Å²) in [6.45, 7) is 0. The number of fused-ring (bicyclic) bond motifs is 3. The summed E-state index contributed by atoms with van der Waals surface area (Å²) in [5.41, 5.74) is 3.90. The maximum atomic E-state index is 5.02. The van der Waals surface area contributed by atoms with Crippen LogP contribution in [0.5, 0.6) is 0 Å². The number of halogens is 3. The van der Waals surface area contributed by atoms with Gasteiger partial charge in [-0.3, -0.25) is 0 Å². The van der Waals surface area contributed by atoms with Crippen LogP contribution in [0.2, 0.25) is 0 Å². The first kappa shape index (κ1) is 18.9. The van der Waals surface area contributed by atoms with Gasteiger partial charge in [0.05, 0.1) is 11.2 Å². The Balaban J connectivity index is 1.90. The van der Waals surface area contributed by atoms with Crippen molar-refractivity contribution in [1.82, 2.24) is 9.97 Å². The topological polar surface area (TPSA) is 25.8 Å². The molecule has 5 aromatic rings. The minimum Gasteiger partial charge on any atom is -0.228 e. The van der Waals surface area contributed by atoms with Gasteiger partial charge in [0.2, 0.25) is 0 Å². The molecule has 5 heteroatoms. The van der Waals surface area contributed by atoms with Crippen LogP contribution >= 0.6 is 47.8 Å². The molecule has 0 amide bonds. The zero-order valence-electron chi connectivity index (χ0n) is 15.0. The van der Waals surface area contributed by atoms with Crippen molar-refractivity contribution >= 4 is 69.5 Å². The van der Waals surface area contributed by atoms with Crippen molar-refractivity contribution < 1.29 is 0 Å². The van der Waals surface area contributed by atoms with Gasteiger partial charge in [-0.1, -0.05) is 96.3 Å². The number of rotatable bonds is 2. The third kappa shape index (κ3) is 3.52. The molecule has 0 saturated heterocycles. The molecular formula is C24H13Br3N2. The monoisotopic (exact) mass is 566 g/mol. The second-order valence-electron chi connectivity index (χ2n) is 6.71. The lowest BCUT2D eigenvalue weighted by molar-refractivity contribution is 1.23. The Morgan fingerprint density at radius 1 is 0.586 bits per heavy atom. The molecule has 29 heavy (non-hydrogen) atoms. The largest absolute Gasteiger partial charge is 0.228 e. The fraction of sp³-hybridized carbons (Fsp3) is 0. The van der Waals surface area contributed by atoms with Crippen LogP contribution in [0.1, 0.15) is 0 Å². The molecule has 140 valence electrons. The van der Waals surface area contributed by atoms with E-state index in [0.717, 1.165) is 51.9 Å². The number of hydrogen-bond donors (Lipinski definition) is 0. The number of benzene rings is 4. The fourth-order valence-corrected chi connectivity index (χ4v) is 4.59. The van der Waals surface area contributed by atoms with Crippen molar-refractivity contribution in [2.75, 3.05) is 0 Å². The third-order valence-corrected chi connectivity index (χ3v) is 6.59. The Morgan fingerprint density at radius 2 is 1.17 bits per heavy atom. The summed E-state index contributed by atoms with van der Waals surface area (Å²) >= 11 is 10.8. The first-order valence-corrected chi connectivity index (χ1v) is 11.4. The van der Waals surface area contributed by atoms with Crippen molar-refractivity contribution in [2.24, 2.45) is 0 Å². The second-order valence-corrected chi connectivity index (χ2v) is 9.39. The summed E-state index contributed by atoms with van der Waals surface area (Å²) < 4.78 is 3.10. The normalized spacial score (nSPS) is 11.3. The molecule has 0 bridgehead atoms. The van der Waals surface area contributed by atoms with E-state index in [0.29, 0.717) is 5.82 Å². The number of hydrogen-bond acceptors (Lipinski definition) is 2. The van der Waals surface area contributed by atoms with Gasteiger partial charge in [0, 0.05) is 29.9 Å². The molecule has 0 aliphatic rings. The van der Waals surface area contributed by atoms with Crippen molar-refractivity contribution in [3.05, 3.63) is 92.3 Å². The van der Waals surface area contributed by atoms with E-state index in [1.165, 1.54) is 0 Å². The van der Waals surface area contributed by atoms with E-state index in [-0.39, 0.29) is 0 Å². The van der Waals surface area contributed by atoms with Crippen molar-refractivity contribution in [1.29, 1.82) is 0 Å². The van der Waals surface area contributed by atoms with E-state index in [9.17, 15) is 0 Å². The summed E-state index contributed by atoms with van der Waals surface area (Å²) in [7, 11) is 0. The Hall–Kier alpha value is -2.08. The average Bonchev–Trinajstić information content (AvgIpc) is 2.74. The highest BCUT2D eigenvalue weighted by Crippen LogP contribution is 2.37. The lowest BCUT2D eigenvalue weighted by Crippen LogP contribution is -1.96. The van der Waals surface area contributed by atoms with Gasteiger partial charge in [-0.15, -0.1) is 0 Å². The Bertz CT molecular complexity index is 1360. The van der Waals surface area contributed by atoms with E-state index in [1.54, 1.807) is 0 Å².